The zero-order valence-corrected chi connectivity index (χ0v) is 11.7. The van der Waals surface area contributed by atoms with E-state index >= 15 is 0 Å². The molecule has 0 aliphatic rings. The van der Waals surface area contributed by atoms with Crippen LogP contribution in [0.25, 0.3) is 0 Å². The minimum absolute atomic E-state index is 0.0358. The summed E-state index contributed by atoms with van der Waals surface area (Å²) in [6.07, 6.45) is 5.69. The van der Waals surface area contributed by atoms with E-state index in [-0.39, 0.29) is 6.04 Å². The Bertz CT molecular complexity index is 529. The number of aromatic nitrogens is 3. The van der Waals surface area contributed by atoms with Crippen LogP contribution in [-0.4, -0.2) is 14.8 Å². The Morgan fingerprint density at radius 2 is 2.21 bits per heavy atom. The van der Waals surface area contributed by atoms with Gasteiger partial charge in [-0.3, -0.25) is 20.9 Å². The molecule has 0 aliphatic carbocycles. The number of pyridine rings is 1. The highest BCUT2D eigenvalue weighted by molar-refractivity contribution is 5.23. The smallest absolute Gasteiger partial charge is 0.0642 e. The number of nitrogens with two attached hydrogens (primary N) is 1. The third kappa shape index (κ3) is 3.19. The highest BCUT2D eigenvalue weighted by Crippen LogP contribution is 2.19. The standard InChI is InChI=1S/C14H21N5/c1-4-11-5-6-12(16-8-11)7-14(17-15)13-9-19(3)18-10(13)2/h5-6,8-9,14,17H,4,7,15H2,1-3H3. The molecule has 0 radical (unpaired) electrons. The fraction of sp³-hybridized carbons (Fsp3) is 0.429. The average molecular weight is 259 g/mol. The van der Waals surface area contributed by atoms with Crippen molar-refractivity contribution in [3.8, 4) is 0 Å². The molecule has 1 unspecified atom stereocenters. The van der Waals surface area contributed by atoms with Gasteiger partial charge in [0.05, 0.1) is 11.7 Å². The first-order valence-electron chi connectivity index (χ1n) is 6.54. The molecule has 102 valence electrons. The Morgan fingerprint density at radius 1 is 1.42 bits per heavy atom. The molecule has 0 spiro atoms. The van der Waals surface area contributed by atoms with E-state index in [1.165, 1.54) is 5.56 Å². The van der Waals surface area contributed by atoms with E-state index < -0.39 is 0 Å². The Labute approximate surface area is 113 Å². The van der Waals surface area contributed by atoms with E-state index in [1.807, 2.05) is 31.0 Å². The molecule has 0 saturated carbocycles. The maximum Gasteiger partial charge on any atom is 0.0642 e. The number of aryl methyl sites for hydroxylation is 3. The zero-order valence-electron chi connectivity index (χ0n) is 11.7. The fourth-order valence-corrected chi connectivity index (χ4v) is 2.21. The summed E-state index contributed by atoms with van der Waals surface area (Å²) in [4.78, 5) is 4.48. The molecule has 5 heteroatoms. The van der Waals surface area contributed by atoms with Gasteiger partial charge >= 0.3 is 0 Å². The predicted molar refractivity (Wildman–Crippen MR) is 75.3 cm³/mol. The van der Waals surface area contributed by atoms with Crippen LogP contribution in [0.2, 0.25) is 0 Å². The van der Waals surface area contributed by atoms with Crippen LogP contribution in [0.1, 0.15) is 35.5 Å². The van der Waals surface area contributed by atoms with Gasteiger partial charge in [-0.1, -0.05) is 13.0 Å². The van der Waals surface area contributed by atoms with Gasteiger partial charge in [0.2, 0.25) is 0 Å². The summed E-state index contributed by atoms with van der Waals surface area (Å²) in [5.41, 5.74) is 7.25. The number of hydrogen-bond donors (Lipinski definition) is 2. The summed E-state index contributed by atoms with van der Waals surface area (Å²) < 4.78 is 1.81. The van der Waals surface area contributed by atoms with Crippen molar-refractivity contribution in [1.29, 1.82) is 0 Å². The predicted octanol–water partition coefficient (Wildman–Crippen LogP) is 1.43. The number of rotatable bonds is 5. The Hall–Kier alpha value is -1.72. The molecule has 2 heterocycles. The minimum atomic E-state index is 0.0358. The normalized spacial score (nSPS) is 12.6. The molecule has 0 aliphatic heterocycles. The lowest BCUT2D eigenvalue weighted by molar-refractivity contribution is 0.543. The van der Waals surface area contributed by atoms with E-state index in [0.717, 1.165) is 29.8 Å². The second kappa shape index (κ2) is 5.95. The maximum atomic E-state index is 5.67. The van der Waals surface area contributed by atoms with Crippen LogP contribution < -0.4 is 11.3 Å². The van der Waals surface area contributed by atoms with Crippen molar-refractivity contribution < 1.29 is 0 Å². The number of nitrogens with zero attached hydrogens (tertiary/aromatic N) is 3. The zero-order chi connectivity index (χ0) is 13.8. The maximum absolute atomic E-state index is 5.67. The Balaban J connectivity index is 2.16. The molecule has 2 aromatic rings. The highest BCUT2D eigenvalue weighted by atomic mass is 15.3. The van der Waals surface area contributed by atoms with Gasteiger partial charge in [-0.25, -0.2) is 0 Å². The lowest BCUT2D eigenvalue weighted by Gasteiger charge is -2.14. The molecule has 0 fully saturated rings. The monoisotopic (exact) mass is 259 g/mol. The van der Waals surface area contributed by atoms with Crippen LogP contribution in [0, 0.1) is 6.92 Å². The van der Waals surface area contributed by atoms with Gasteiger partial charge < -0.3 is 0 Å². The van der Waals surface area contributed by atoms with E-state index in [0.29, 0.717) is 0 Å². The van der Waals surface area contributed by atoms with Crippen molar-refractivity contribution in [2.24, 2.45) is 12.9 Å². The molecular weight excluding hydrogens is 238 g/mol. The van der Waals surface area contributed by atoms with Gasteiger partial charge in [-0.2, -0.15) is 5.10 Å². The summed E-state index contributed by atoms with van der Waals surface area (Å²) in [7, 11) is 1.92. The van der Waals surface area contributed by atoms with Crippen molar-refractivity contribution in [2.45, 2.75) is 32.7 Å². The van der Waals surface area contributed by atoms with E-state index in [2.05, 4.69) is 34.6 Å². The van der Waals surface area contributed by atoms with Gasteiger partial charge in [0.15, 0.2) is 0 Å². The topological polar surface area (TPSA) is 68.8 Å². The summed E-state index contributed by atoms with van der Waals surface area (Å²) >= 11 is 0. The lowest BCUT2D eigenvalue weighted by atomic mass is 10.0. The minimum Gasteiger partial charge on any atom is -0.275 e. The first-order chi connectivity index (χ1) is 9.13. The molecule has 3 N–H and O–H groups in total. The number of hydrogen-bond acceptors (Lipinski definition) is 4. The van der Waals surface area contributed by atoms with Gasteiger partial charge in [-0.15, -0.1) is 0 Å². The van der Waals surface area contributed by atoms with Gasteiger partial charge in [-0.05, 0) is 25.0 Å². The molecular formula is C14H21N5. The second-order valence-electron chi connectivity index (χ2n) is 4.78. The highest BCUT2D eigenvalue weighted by Gasteiger charge is 2.16. The summed E-state index contributed by atoms with van der Waals surface area (Å²) in [6, 6.07) is 4.22. The summed E-state index contributed by atoms with van der Waals surface area (Å²) in [5, 5.41) is 4.35. The van der Waals surface area contributed by atoms with Crippen molar-refractivity contribution in [3.05, 3.63) is 47.0 Å². The largest absolute Gasteiger partial charge is 0.275 e. The Kier molecular flexibility index (Phi) is 4.29. The fourth-order valence-electron chi connectivity index (χ4n) is 2.21. The molecule has 0 amide bonds. The summed E-state index contributed by atoms with van der Waals surface area (Å²) in [6.45, 7) is 4.12. The van der Waals surface area contributed by atoms with Crippen LogP contribution in [0.15, 0.2) is 24.5 Å². The van der Waals surface area contributed by atoms with Crippen molar-refractivity contribution in [1.82, 2.24) is 20.2 Å². The number of nitrogens with one attached hydrogen (secondary N) is 1. The van der Waals surface area contributed by atoms with E-state index in [9.17, 15) is 0 Å². The van der Waals surface area contributed by atoms with Crippen molar-refractivity contribution in [3.63, 3.8) is 0 Å². The van der Waals surface area contributed by atoms with Crippen LogP contribution in [0.3, 0.4) is 0 Å². The first-order valence-corrected chi connectivity index (χ1v) is 6.54. The SMILES string of the molecule is CCc1ccc(CC(NN)c2cn(C)nc2C)nc1. The van der Waals surface area contributed by atoms with Crippen LogP contribution >= 0.6 is 0 Å². The molecule has 0 aromatic carbocycles. The average Bonchev–Trinajstić information content (AvgIpc) is 2.75. The quantitative estimate of drug-likeness (QED) is 0.629. The molecule has 2 aromatic heterocycles. The molecule has 1 atom stereocenters. The molecule has 19 heavy (non-hydrogen) atoms. The van der Waals surface area contributed by atoms with Crippen LogP contribution in [-0.2, 0) is 19.9 Å². The Morgan fingerprint density at radius 3 is 2.68 bits per heavy atom. The lowest BCUT2D eigenvalue weighted by Crippen LogP contribution is -2.30. The van der Waals surface area contributed by atoms with Crippen LogP contribution in [0.4, 0.5) is 0 Å². The third-order valence-electron chi connectivity index (χ3n) is 3.34. The van der Waals surface area contributed by atoms with Crippen LogP contribution in [0.5, 0.6) is 0 Å². The number of hydrazine groups is 1. The van der Waals surface area contributed by atoms with E-state index in [4.69, 9.17) is 5.84 Å². The van der Waals surface area contributed by atoms with Gasteiger partial charge in [0.1, 0.15) is 0 Å². The van der Waals surface area contributed by atoms with Gasteiger partial charge in [0, 0.05) is 37.1 Å². The summed E-state index contributed by atoms with van der Waals surface area (Å²) in [5.74, 6) is 5.67. The molecule has 2 rings (SSSR count). The molecule has 0 bridgehead atoms. The third-order valence-corrected chi connectivity index (χ3v) is 3.34. The van der Waals surface area contributed by atoms with Gasteiger partial charge in [0.25, 0.3) is 0 Å². The molecule has 5 nitrogen and oxygen atoms in total. The van der Waals surface area contributed by atoms with Crippen molar-refractivity contribution in [2.75, 3.05) is 0 Å². The van der Waals surface area contributed by atoms with Crippen molar-refractivity contribution >= 4 is 0 Å². The first kappa shape index (κ1) is 13.7. The van der Waals surface area contributed by atoms with E-state index in [1.54, 1.807) is 0 Å². The second-order valence-corrected chi connectivity index (χ2v) is 4.78. The molecule has 0 saturated heterocycles.